The zero-order valence-corrected chi connectivity index (χ0v) is 25.3. The highest BCUT2D eigenvalue weighted by Gasteiger charge is 2.34. The highest BCUT2D eigenvalue weighted by Crippen LogP contribution is 2.35. The normalized spacial score (nSPS) is 13.2. The number of carbonyl (C=O) groups is 2. The van der Waals surface area contributed by atoms with Gasteiger partial charge in [-0.3, -0.25) is 13.9 Å². The smallest absolute Gasteiger partial charge is 0.244 e. The second-order valence-electron chi connectivity index (χ2n) is 10.2. The lowest BCUT2D eigenvalue weighted by Crippen LogP contribution is -2.53. The van der Waals surface area contributed by atoms with Crippen molar-refractivity contribution >= 4 is 27.5 Å². The van der Waals surface area contributed by atoms with Gasteiger partial charge in [0.2, 0.25) is 21.8 Å². The minimum atomic E-state index is -3.96. The standard InChI is InChI=1S/C32H38FN3O6S/c1-3-5-17-34-32(38)28(20-24-11-7-6-8-12-24)35(22-25-13-9-10-14-27(25)33)31(37)23-36(43(39,40)4-2)26-15-16-29-30(21-26)42-19-18-41-29/h6-16,21,28H,3-5,17-20,22-23H2,1-2H3,(H,34,38)/t28-/m1/s1. The summed E-state index contributed by atoms with van der Waals surface area (Å²) in [6.07, 6.45) is 1.77. The lowest BCUT2D eigenvalue weighted by atomic mass is 10.0. The van der Waals surface area contributed by atoms with E-state index in [1.165, 1.54) is 24.0 Å². The van der Waals surface area contributed by atoms with Crippen molar-refractivity contribution in [1.29, 1.82) is 0 Å². The molecule has 0 fully saturated rings. The van der Waals surface area contributed by atoms with Crippen LogP contribution in [0.1, 0.15) is 37.8 Å². The zero-order valence-electron chi connectivity index (χ0n) is 24.5. The number of hydrogen-bond donors (Lipinski definition) is 1. The van der Waals surface area contributed by atoms with Gasteiger partial charge in [-0.1, -0.05) is 61.9 Å². The Labute approximate surface area is 252 Å². The minimum Gasteiger partial charge on any atom is -0.486 e. The van der Waals surface area contributed by atoms with Crippen LogP contribution in [0.25, 0.3) is 0 Å². The molecule has 43 heavy (non-hydrogen) atoms. The Bertz CT molecular complexity index is 1500. The molecule has 1 aliphatic rings. The van der Waals surface area contributed by atoms with Crippen LogP contribution in [-0.4, -0.2) is 63.2 Å². The Hall–Kier alpha value is -4.12. The number of ether oxygens (including phenoxy) is 2. The van der Waals surface area contributed by atoms with Gasteiger partial charge >= 0.3 is 0 Å². The van der Waals surface area contributed by atoms with Gasteiger partial charge in [-0.15, -0.1) is 0 Å². The summed E-state index contributed by atoms with van der Waals surface area (Å²) in [6, 6.07) is 18.9. The molecule has 9 nitrogen and oxygen atoms in total. The Balaban J connectivity index is 1.74. The van der Waals surface area contributed by atoms with Gasteiger partial charge in [0, 0.05) is 31.1 Å². The van der Waals surface area contributed by atoms with Gasteiger partial charge in [0.1, 0.15) is 31.6 Å². The van der Waals surface area contributed by atoms with E-state index in [2.05, 4.69) is 5.32 Å². The first kappa shape index (κ1) is 31.8. The molecule has 3 aromatic carbocycles. The molecule has 4 rings (SSSR count). The first-order valence-corrected chi connectivity index (χ1v) is 16.1. The molecular weight excluding hydrogens is 573 g/mol. The SMILES string of the molecule is CCCCNC(=O)[C@@H](Cc1ccccc1)N(Cc1ccccc1F)C(=O)CN(c1ccc2c(c1)OCCO2)S(=O)(=O)CC. The largest absolute Gasteiger partial charge is 0.486 e. The van der Waals surface area contributed by atoms with Crippen molar-refractivity contribution in [2.24, 2.45) is 0 Å². The number of nitrogens with one attached hydrogen (secondary N) is 1. The quantitative estimate of drug-likeness (QED) is 0.273. The number of carbonyl (C=O) groups excluding carboxylic acids is 2. The van der Waals surface area contributed by atoms with Crippen LogP contribution < -0.4 is 19.1 Å². The predicted molar refractivity (Wildman–Crippen MR) is 163 cm³/mol. The lowest BCUT2D eigenvalue weighted by molar-refractivity contribution is -0.140. The summed E-state index contributed by atoms with van der Waals surface area (Å²) in [5, 5.41) is 2.91. The molecule has 0 aliphatic carbocycles. The van der Waals surface area contributed by atoms with Crippen molar-refractivity contribution < 1.29 is 31.9 Å². The van der Waals surface area contributed by atoms with Crippen LogP contribution in [0.4, 0.5) is 10.1 Å². The molecule has 0 saturated carbocycles. The van der Waals surface area contributed by atoms with Crippen molar-refractivity contribution in [3.8, 4) is 11.5 Å². The second-order valence-corrected chi connectivity index (χ2v) is 12.4. The van der Waals surface area contributed by atoms with Crippen LogP contribution in [0.5, 0.6) is 11.5 Å². The van der Waals surface area contributed by atoms with Crippen LogP contribution in [0, 0.1) is 5.82 Å². The molecule has 0 saturated heterocycles. The third-order valence-electron chi connectivity index (χ3n) is 7.19. The van der Waals surface area contributed by atoms with Gasteiger partial charge in [0.15, 0.2) is 11.5 Å². The predicted octanol–water partition coefficient (Wildman–Crippen LogP) is 4.31. The highest BCUT2D eigenvalue weighted by atomic mass is 32.2. The number of benzene rings is 3. The Morgan fingerprint density at radius 1 is 0.953 bits per heavy atom. The topological polar surface area (TPSA) is 105 Å². The van der Waals surface area contributed by atoms with Gasteiger partial charge in [-0.05, 0) is 37.1 Å². The van der Waals surface area contributed by atoms with E-state index in [9.17, 15) is 22.4 Å². The van der Waals surface area contributed by atoms with E-state index in [1.54, 1.807) is 30.3 Å². The second kappa shape index (κ2) is 14.9. The average molecular weight is 612 g/mol. The molecule has 0 bridgehead atoms. The lowest BCUT2D eigenvalue weighted by Gasteiger charge is -2.34. The van der Waals surface area contributed by atoms with E-state index >= 15 is 0 Å². The monoisotopic (exact) mass is 611 g/mol. The minimum absolute atomic E-state index is 0.156. The van der Waals surface area contributed by atoms with Gasteiger partial charge < -0.3 is 19.7 Å². The summed E-state index contributed by atoms with van der Waals surface area (Å²) in [6.45, 7) is 3.75. The Morgan fingerprint density at radius 2 is 1.65 bits per heavy atom. The fraction of sp³-hybridized carbons (Fsp3) is 0.375. The number of hydrogen-bond acceptors (Lipinski definition) is 6. The number of sulfonamides is 1. The van der Waals surface area contributed by atoms with Crippen LogP contribution in [-0.2, 0) is 32.6 Å². The van der Waals surface area contributed by atoms with Crippen LogP contribution in [0.3, 0.4) is 0 Å². The highest BCUT2D eigenvalue weighted by molar-refractivity contribution is 7.92. The third kappa shape index (κ3) is 8.25. The average Bonchev–Trinajstić information content (AvgIpc) is 3.02. The van der Waals surface area contributed by atoms with Gasteiger partial charge in [0.05, 0.1) is 11.4 Å². The summed E-state index contributed by atoms with van der Waals surface area (Å²) >= 11 is 0. The molecule has 0 aromatic heterocycles. The third-order valence-corrected chi connectivity index (χ3v) is 8.93. The molecule has 2 amide bonds. The van der Waals surface area contributed by atoms with E-state index in [0.717, 1.165) is 22.7 Å². The molecule has 0 spiro atoms. The first-order chi connectivity index (χ1) is 20.7. The fourth-order valence-electron chi connectivity index (χ4n) is 4.78. The number of fused-ring (bicyclic) bond motifs is 1. The molecule has 0 unspecified atom stereocenters. The molecule has 0 radical (unpaired) electrons. The number of halogens is 1. The Morgan fingerprint density at radius 3 is 2.35 bits per heavy atom. The van der Waals surface area contributed by atoms with Gasteiger partial charge in [-0.25, -0.2) is 12.8 Å². The first-order valence-electron chi connectivity index (χ1n) is 14.5. The number of rotatable bonds is 14. The molecule has 1 heterocycles. The summed E-state index contributed by atoms with van der Waals surface area (Å²) in [5.74, 6) is -1.01. The van der Waals surface area contributed by atoms with Crippen molar-refractivity contribution in [2.75, 3.05) is 36.4 Å². The number of amides is 2. The van der Waals surface area contributed by atoms with Crippen molar-refractivity contribution in [2.45, 2.75) is 45.7 Å². The molecule has 3 aromatic rings. The number of anilines is 1. The summed E-state index contributed by atoms with van der Waals surface area (Å²) < 4.78 is 53.9. The van der Waals surface area contributed by atoms with Crippen LogP contribution in [0.2, 0.25) is 0 Å². The number of nitrogens with zero attached hydrogens (tertiary/aromatic N) is 2. The summed E-state index contributed by atoms with van der Waals surface area (Å²) in [7, 11) is -3.96. The maximum Gasteiger partial charge on any atom is 0.244 e. The van der Waals surface area contributed by atoms with E-state index in [4.69, 9.17) is 9.47 Å². The summed E-state index contributed by atoms with van der Waals surface area (Å²) in [4.78, 5) is 29.2. The van der Waals surface area contributed by atoms with Gasteiger partial charge in [0.25, 0.3) is 0 Å². The maximum atomic E-state index is 14.9. The van der Waals surface area contributed by atoms with E-state index in [0.29, 0.717) is 31.3 Å². The fourth-order valence-corrected chi connectivity index (χ4v) is 5.83. The van der Waals surface area contributed by atoms with E-state index < -0.39 is 40.2 Å². The summed E-state index contributed by atoms with van der Waals surface area (Å²) in [5.41, 5.74) is 1.23. The molecular formula is C32H38FN3O6S. The van der Waals surface area contributed by atoms with Crippen LogP contribution >= 0.6 is 0 Å². The van der Waals surface area contributed by atoms with Crippen molar-refractivity contribution in [3.63, 3.8) is 0 Å². The molecule has 230 valence electrons. The molecule has 1 aliphatic heterocycles. The maximum absolute atomic E-state index is 14.9. The molecule has 1 N–H and O–H groups in total. The van der Waals surface area contributed by atoms with E-state index in [1.807, 2.05) is 37.3 Å². The number of unbranched alkanes of at least 4 members (excludes halogenated alkanes) is 1. The van der Waals surface area contributed by atoms with Gasteiger partial charge in [-0.2, -0.15) is 0 Å². The molecule has 11 heteroatoms. The zero-order chi connectivity index (χ0) is 30.8. The Kier molecular flexibility index (Phi) is 11.0. The van der Waals surface area contributed by atoms with Crippen molar-refractivity contribution in [1.82, 2.24) is 10.2 Å². The molecule has 1 atom stereocenters. The van der Waals surface area contributed by atoms with Crippen LogP contribution in [0.15, 0.2) is 72.8 Å². The van der Waals surface area contributed by atoms with Crippen molar-refractivity contribution in [3.05, 3.63) is 89.7 Å². The van der Waals surface area contributed by atoms with E-state index in [-0.39, 0.29) is 30.0 Å².